The fraction of sp³-hybridized carbons (Fsp3) is 1.00. The lowest BCUT2D eigenvalue weighted by atomic mass is 9.97. The van der Waals surface area contributed by atoms with E-state index in [9.17, 15) is 43.2 Å². The van der Waals surface area contributed by atoms with E-state index in [1.807, 2.05) is 0 Å². The second-order valence-corrected chi connectivity index (χ2v) is 10.8. The van der Waals surface area contributed by atoms with Crippen LogP contribution >= 0.6 is 0 Å². The van der Waals surface area contributed by atoms with Gasteiger partial charge in [0.25, 0.3) is 0 Å². The lowest BCUT2D eigenvalue weighted by molar-refractivity contribution is -0.254. The summed E-state index contributed by atoms with van der Waals surface area (Å²) >= 11 is 0. The molecule has 196 valence electrons. The average molecular weight is 540 g/mol. The zero-order valence-corrected chi connectivity index (χ0v) is 19.1. The summed E-state index contributed by atoms with van der Waals surface area (Å²) in [7, 11) is -12.5. The Morgan fingerprint density at radius 2 is 1.33 bits per heavy atom. The molecule has 0 aromatic carbocycles. The smallest absolute Gasteiger partial charge is 0.372 e. The number of hydrogen-bond donors (Lipinski definition) is 0. The molecule has 0 radical (unpaired) electrons. The summed E-state index contributed by atoms with van der Waals surface area (Å²) in [5, 5.41) is 0. The van der Waals surface area contributed by atoms with E-state index in [2.05, 4.69) is 8.37 Å². The van der Waals surface area contributed by atoms with E-state index in [4.69, 9.17) is 18.9 Å². The van der Waals surface area contributed by atoms with Crippen molar-refractivity contribution in [3.05, 3.63) is 0 Å². The van der Waals surface area contributed by atoms with Crippen LogP contribution in [0.5, 0.6) is 0 Å². The van der Waals surface area contributed by atoms with Gasteiger partial charge in [0.1, 0.15) is 31.0 Å². The Kier molecular flexibility index (Phi) is 8.08. The van der Waals surface area contributed by atoms with Crippen molar-refractivity contribution >= 4 is 20.2 Å². The molecular formula is C15H22F6O10S2. The number of alkyl halides is 6. The van der Waals surface area contributed by atoms with Crippen LogP contribution in [0.1, 0.15) is 33.6 Å². The van der Waals surface area contributed by atoms with E-state index < -0.39 is 74.4 Å². The number of hydrogen-bond acceptors (Lipinski definition) is 10. The molecule has 0 spiro atoms. The van der Waals surface area contributed by atoms with Crippen LogP contribution in [0.4, 0.5) is 26.3 Å². The van der Waals surface area contributed by atoms with Gasteiger partial charge in [-0.05, 0) is 20.3 Å². The molecule has 2 aliphatic heterocycles. The normalized spacial score (nSPS) is 27.6. The highest BCUT2D eigenvalue weighted by Gasteiger charge is 2.65. The van der Waals surface area contributed by atoms with Crippen LogP contribution in [0, 0.1) is 0 Å². The van der Waals surface area contributed by atoms with Crippen molar-refractivity contribution in [1.29, 1.82) is 0 Å². The molecule has 0 amide bonds. The van der Waals surface area contributed by atoms with E-state index in [0.717, 1.165) is 0 Å². The van der Waals surface area contributed by atoms with Crippen molar-refractivity contribution < 1.29 is 70.5 Å². The summed E-state index contributed by atoms with van der Waals surface area (Å²) < 4.78 is 152. The molecule has 2 rings (SSSR count). The highest BCUT2D eigenvalue weighted by Crippen LogP contribution is 2.45. The molecular weight excluding hydrogens is 518 g/mol. The summed E-state index contributed by atoms with van der Waals surface area (Å²) in [6.07, 6.45) is -3.44. The Hall–Kier alpha value is -0.760. The predicted molar refractivity (Wildman–Crippen MR) is 94.1 cm³/mol. The summed E-state index contributed by atoms with van der Waals surface area (Å²) in [5.74, 6) is -1.31. The third-order valence-electron chi connectivity index (χ3n) is 4.53. The molecule has 0 saturated carbocycles. The lowest BCUT2D eigenvalue weighted by Crippen LogP contribution is -2.54. The van der Waals surface area contributed by atoms with Crippen molar-refractivity contribution in [3.63, 3.8) is 0 Å². The van der Waals surface area contributed by atoms with Crippen LogP contribution in [0.3, 0.4) is 0 Å². The number of rotatable bonds is 10. The molecule has 18 heteroatoms. The number of halogens is 6. The maximum absolute atomic E-state index is 12.7. The molecule has 0 aliphatic carbocycles. The van der Waals surface area contributed by atoms with Crippen molar-refractivity contribution in [2.45, 2.75) is 74.5 Å². The van der Waals surface area contributed by atoms with Gasteiger partial charge in [0.15, 0.2) is 12.1 Å². The highest BCUT2D eigenvalue weighted by atomic mass is 32.2. The van der Waals surface area contributed by atoms with Gasteiger partial charge in [-0.3, -0.25) is 8.37 Å². The average Bonchev–Trinajstić information content (AvgIpc) is 3.06. The van der Waals surface area contributed by atoms with Crippen molar-refractivity contribution in [3.8, 4) is 0 Å². The van der Waals surface area contributed by atoms with Crippen molar-refractivity contribution in [2.24, 2.45) is 0 Å². The highest BCUT2D eigenvalue weighted by molar-refractivity contribution is 7.87. The zero-order valence-electron chi connectivity index (χ0n) is 17.4. The summed E-state index contributed by atoms with van der Waals surface area (Å²) in [6, 6.07) is 0. The van der Waals surface area contributed by atoms with Gasteiger partial charge in [-0.15, -0.1) is 0 Å². The van der Waals surface area contributed by atoms with Crippen molar-refractivity contribution in [2.75, 3.05) is 19.8 Å². The quantitative estimate of drug-likeness (QED) is 0.176. The van der Waals surface area contributed by atoms with Crippen LogP contribution < -0.4 is 0 Å². The minimum absolute atomic E-state index is 0.114. The molecule has 2 fully saturated rings. The van der Waals surface area contributed by atoms with Crippen LogP contribution in [0.2, 0.25) is 0 Å². The van der Waals surface area contributed by atoms with Gasteiger partial charge in [0.2, 0.25) is 0 Å². The van der Waals surface area contributed by atoms with E-state index in [-0.39, 0.29) is 6.61 Å². The first-order chi connectivity index (χ1) is 14.8. The third-order valence-corrected chi connectivity index (χ3v) is 6.53. The summed E-state index contributed by atoms with van der Waals surface area (Å²) in [6.45, 7) is 1.26. The Labute approximate surface area is 185 Å². The summed E-state index contributed by atoms with van der Waals surface area (Å²) in [5.41, 5.74) is -14.4. The topological polar surface area (TPSA) is 124 Å². The van der Waals surface area contributed by atoms with E-state index in [0.29, 0.717) is 12.8 Å². The summed E-state index contributed by atoms with van der Waals surface area (Å²) in [4.78, 5) is 0. The van der Waals surface area contributed by atoms with Gasteiger partial charge in [0.05, 0.1) is 0 Å². The molecule has 0 bridgehead atoms. The zero-order chi connectivity index (χ0) is 25.5. The SMILES string of the molecule is CCCCOC1[C@@H]2OC(C)(C)O[C@H]2OC1(COS(=O)(=O)C(F)(F)F)COS(=O)(=O)C(F)(F)F. The Bertz CT molecular complexity index is 851. The number of fused-ring (bicyclic) bond motifs is 1. The molecule has 33 heavy (non-hydrogen) atoms. The molecule has 0 aromatic rings. The van der Waals surface area contributed by atoms with Gasteiger partial charge in [-0.1, -0.05) is 13.3 Å². The number of ether oxygens (including phenoxy) is 4. The molecule has 1 unspecified atom stereocenters. The van der Waals surface area contributed by atoms with Crippen LogP contribution in [0.15, 0.2) is 0 Å². The van der Waals surface area contributed by atoms with Crippen LogP contribution in [-0.2, 0) is 47.5 Å². The molecule has 2 saturated heterocycles. The molecule has 3 atom stereocenters. The fourth-order valence-corrected chi connectivity index (χ4v) is 3.99. The molecule has 0 aromatic heterocycles. The van der Waals surface area contributed by atoms with Crippen LogP contribution in [-0.4, -0.2) is 77.6 Å². The molecule has 10 nitrogen and oxygen atoms in total. The number of unbranched alkanes of at least 4 members (excludes halogenated alkanes) is 1. The monoisotopic (exact) mass is 540 g/mol. The minimum Gasteiger partial charge on any atom is -0.372 e. The maximum atomic E-state index is 12.7. The standard InChI is InChI=1S/C15H22F6O10S2/c1-4-5-6-26-10-9-11(30-12(2,3)29-9)31-13(10,7-27-32(22,23)14(16,17)18)8-28-33(24,25)15(19,20)21/h9-11H,4-8H2,1-3H3/t9-,10?,11-/m0/s1. The van der Waals surface area contributed by atoms with Crippen LogP contribution in [0.25, 0.3) is 0 Å². The van der Waals surface area contributed by atoms with Gasteiger partial charge in [0, 0.05) is 6.61 Å². The first-order valence-electron chi connectivity index (χ1n) is 9.33. The Morgan fingerprint density at radius 1 is 0.848 bits per heavy atom. The minimum atomic E-state index is -6.25. The third kappa shape index (κ3) is 6.28. The van der Waals surface area contributed by atoms with E-state index >= 15 is 0 Å². The van der Waals surface area contributed by atoms with E-state index in [1.165, 1.54) is 13.8 Å². The Balaban J connectivity index is 2.42. The first kappa shape index (κ1) is 28.5. The van der Waals surface area contributed by atoms with Gasteiger partial charge in [-0.25, -0.2) is 0 Å². The largest absolute Gasteiger partial charge is 0.523 e. The second kappa shape index (κ2) is 9.36. The molecule has 0 N–H and O–H groups in total. The van der Waals surface area contributed by atoms with Crippen molar-refractivity contribution in [1.82, 2.24) is 0 Å². The predicted octanol–water partition coefficient (Wildman–Crippen LogP) is 2.15. The molecule has 2 aliphatic rings. The van der Waals surface area contributed by atoms with E-state index in [1.54, 1.807) is 6.92 Å². The van der Waals surface area contributed by atoms with Gasteiger partial charge < -0.3 is 18.9 Å². The fourth-order valence-electron chi connectivity index (χ4n) is 3.01. The Morgan fingerprint density at radius 3 is 1.76 bits per heavy atom. The molecule has 2 heterocycles. The van der Waals surface area contributed by atoms with Gasteiger partial charge >= 0.3 is 31.3 Å². The first-order valence-corrected chi connectivity index (χ1v) is 12.1. The van der Waals surface area contributed by atoms with Gasteiger partial charge in [-0.2, -0.15) is 43.2 Å². The lowest BCUT2D eigenvalue weighted by Gasteiger charge is -2.35. The maximum Gasteiger partial charge on any atom is 0.523 e. The second-order valence-electron chi connectivity index (χ2n) is 7.62.